The molecule has 0 amide bonds. The average Bonchev–Trinajstić information content (AvgIpc) is 2.18. The van der Waals surface area contributed by atoms with E-state index in [-0.39, 0.29) is 0 Å². The SMILES string of the molecule is C#CCC(CCC)c1ccccc1Br. The van der Waals surface area contributed by atoms with Crippen molar-refractivity contribution in [3.63, 3.8) is 0 Å². The van der Waals surface area contributed by atoms with Crippen LogP contribution in [0.15, 0.2) is 28.7 Å². The Morgan fingerprint density at radius 1 is 1.43 bits per heavy atom. The zero-order valence-corrected chi connectivity index (χ0v) is 10.0. The second-order valence-corrected chi connectivity index (χ2v) is 4.27. The summed E-state index contributed by atoms with van der Waals surface area (Å²) in [6.07, 6.45) is 8.55. The van der Waals surface area contributed by atoms with E-state index in [1.165, 1.54) is 16.5 Å². The van der Waals surface area contributed by atoms with Crippen molar-refractivity contribution in [3.8, 4) is 12.3 Å². The van der Waals surface area contributed by atoms with Gasteiger partial charge in [0.1, 0.15) is 0 Å². The Bertz CT molecular complexity index is 322. The van der Waals surface area contributed by atoms with E-state index in [1.807, 2.05) is 6.07 Å². The molecule has 1 aromatic rings. The van der Waals surface area contributed by atoms with E-state index in [9.17, 15) is 0 Å². The second-order valence-electron chi connectivity index (χ2n) is 3.42. The van der Waals surface area contributed by atoms with Crippen LogP contribution in [0.25, 0.3) is 0 Å². The van der Waals surface area contributed by atoms with Gasteiger partial charge >= 0.3 is 0 Å². The molecule has 74 valence electrons. The lowest BCUT2D eigenvalue weighted by Gasteiger charge is -2.15. The van der Waals surface area contributed by atoms with Gasteiger partial charge in [-0.1, -0.05) is 47.5 Å². The van der Waals surface area contributed by atoms with E-state index in [2.05, 4.69) is 47.0 Å². The van der Waals surface area contributed by atoms with Gasteiger partial charge in [-0.3, -0.25) is 0 Å². The van der Waals surface area contributed by atoms with Crippen LogP contribution in [0.1, 0.15) is 37.7 Å². The van der Waals surface area contributed by atoms with Crippen molar-refractivity contribution in [2.75, 3.05) is 0 Å². The van der Waals surface area contributed by atoms with Crippen molar-refractivity contribution in [3.05, 3.63) is 34.3 Å². The molecule has 0 N–H and O–H groups in total. The van der Waals surface area contributed by atoms with Gasteiger partial charge in [0.15, 0.2) is 0 Å². The third-order valence-corrected chi connectivity index (χ3v) is 3.07. The number of terminal acetylenes is 1. The lowest BCUT2D eigenvalue weighted by atomic mass is 9.92. The standard InChI is InChI=1S/C13H15Br/c1-3-7-11(8-4-2)12-9-5-6-10-13(12)14/h1,5-6,9-11H,4,7-8H2,2H3. The van der Waals surface area contributed by atoms with Crippen molar-refractivity contribution in [2.45, 2.75) is 32.1 Å². The van der Waals surface area contributed by atoms with Crippen LogP contribution < -0.4 is 0 Å². The Morgan fingerprint density at radius 3 is 2.71 bits per heavy atom. The molecule has 0 bridgehead atoms. The minimum Gasteiger partial charge on any atom is -0.120 e. The van der Waals surface area contributed by atoms with Crippen LogP contribution in [-0.4, -0.2) is 0 Å². The molecule has 0 aliphatic heterocycles. The minimum atomic E-state index is 0.501. The quantitative estimate of drug-likeness (QED) is 0.697. The van der Waals surface area contributed by atoms with E-state index in [0.717, 1.165) is 12.8 Å². The molecule has 0 fully saturated rings. The Morgan fingerprint density at radius 2 is 2.14 bits per heavy atom. The summed E-state index contributed by atoms with van der Waals surface area (Å²) < 4.78 is 1.17. The van der Waals surface area contributed by atoms with Gasteiger partial charge in [0.25, 0.3) is 0 Å². The molecule has 0 aromatic heterocycles. The zero-order chi connectivity index (χ0) is 10.4. The topological polar surface area (TPSA) is 0 Å². The van der Waals surface area contributed by atoms with E-state index >= 15 is 0 Å². The van der Waals surface area contributed by atoms with E-state index in [0.29, 0.717) is 5.92 Å². The summed E-state index contributed by atoms with van der Waals surface area (Å²) in [6.45, 7) is 2.19. The van der Waals surface area contributed by atoms with Crippen LogP contribution in [0.4, 0.5) is 0 Å². The van der Waals surface area contributed by atoms with Gasteiger partial charge in [-0.2, -0.15) is 0 Å². The summed E-state index contributed by atoms with van der Waals surface area (Å²) in [5, 5.41) is 0. The number of halogens is 1. The summed E-state index contributed by atoms with van der Waals surface area (Å²) in [6, 6.07) is 8.34. The summed E-state index contributed by atoms with van der Waals surface area (Å²) in [5.41, 5.74) is 1.34. The van der Waals surface area contributed by atoms with Gasteiger partial charge in [0.05, 0.1) is 0 Å². The first-order valence-electron chi connectivity index (χ1n) is 4.97. The molecular formula is C13H15Br. The molecule has 1 heteroatoms. The number of hydrogen-bond donors (Lipinski definition) is 0. The lowest BCUT2D eigenvalue weighted by molar-refractivity contribution is 0.626. The number of benzene rings is 1. The molecule has 0 nitrogen and oxygen atoms in total. The largest absolute Gasteiger partial charge is 0.120 e. The highest BCUT2D eigenvalue weighted by Gasteiger charge is 2.11. The van der Waals surface area contributed by atoms with Gasteiger partial charge in [-0.25, -0.2) is 0 Å². The summed E-state index contributed by atoms with van der Waals surface area (Å²) in [7, 11) is 0. The molecule has 1 unspecified atom stereocenters. The van der Waals surface area contributed by atoms with Gasteiger partial charge < -0.3 is 0 Å². The Balaban J connectivity index is 2.88. The maximum absolute atomic E-state index is 5.38. The van der Waals surface area contributed by atoms with Gasteiger partial charge in [-0.15, -0.1) is 12.3 Å². The highest BCUT2D eigenvalue weighted by molar-refractivity contribution is 9.10. The second kappa shape index (κ2) is 5.88. The van der Waals surface area contributed by atoms with Gasteiger partial charge in [-0.05, 0) is 24.0 Å². The Kier molecular flexibility index (Phi) is 4.76. The third-order valence-electron chi connectivity index (χ3n) is 2.35. The van der Waals surface area contributed by atoms with E-state index in [4.69, 9.17) is 6.42 Å². The Labute approximate surface area is 94.9 Å². The fourth-order valence-corrected chi connectivity index (χ4v) is 2.27. The molecule has 14 heavy (non-hydrogen) atoms. The first-order chi connectivity index (χ1) is 6.79. The van der Waals surface area contributed by atoms with Crippen LogP contribution in [0.2, 0.25) is 0 Å². The maximum atomic E-state index is 5.38. The molecular weight excluding hydrogens is 236 g/mol. The predicted molar refractivity (Wildman–Crippen MR) is 65.2 cm³/mol. The molecule has 0 aliphatic rings. The monoisotopic (exact) mass is 250 g/mol. The summed E-state index contributed by atoms with van der Waals surface area (Å²) in [5.74, 6) is 3.26. The average molecular weight is 251 g/mol. The highest BCUT2D eigenvalue weighted by atomic mass is 79.9. The first kappa shape index (κ1) is 11.3. The van der Waals surface area contributed by atoms with Crippen LogP contribution in [-0.2, 0) is 0 Å². The molecule has 0 saturated heterocycles. The molecule has 0 spiro atoms. The molecule has 0 saturated carbocycles. The van der Waals surface area contributed by atoms with Crippen molar-refractivity contribution in [2.24, 2.45) is 0 Å². The molecule has 0 aliphatic carbocycles. The third kappa shape index (κ3) is 2.89. The van der Waals surface area contributed by atoms with E-state index < -0.39 is 0 Å². The highest BCUT2D eigenvalue weighted by Crippen LogP contribution is 2.30. The summed E-state index contributed by atoms with van der Waals surface area (Å²) >= 11 is 3.57. The van der Waals surface area contributed by atoms with Crippen molar-refractivity contribution < 1.29 is 0 Å². The smallest absolute Gasteiger partial charge is 0.0210 e. The number of hydrogen-bond acceptors (Lipinski definition) is 0. The fraction of sp³-hybridized carbons (Fsp3) is 0.385. The van der Waals surface area contributed by atoms with Crippen LogP contribution in [0.5, 0.6) is 0 Å². The zero-order valence-electron chi connectivity index (χ0n) is 8.46. The van der Waals surface area contributed by atoms with Crippen molar-refractivity contribution in [1.29, 1.82) is 0 Å². The van der Waals surface area contributed by atoms with Crippen molar-refractivity contribution >= 4 is 15.9 Å². The molecule has 1 aromatic carbocycles. The maximum Gasteiger partial charge on any atom is 0.0210 e. The van der Waals surface area contributed by atoms with Gasteiger partial charge in [0.2, 0.25) is 0 Å². The predicted octanol–water partition coefficient (Wildman–Crippen LogP) is 4.36. The first-order valence-corrected chi connectivity index (χ1v) is 5.76. The van der Waals surface area contributed by atoms with Crippen LogP contribution in [0.3, 0.4) is 0 Å². The Hall–Kier alpha value is -0.740. The van der Waals surface area contributed by atoms with Gasteiger partial charge in [0, 0.05) is 10.9 Å². The fourth-order valence-electron chi connectivity index (χ4n) is 1.66. The molecule has 1 rings (SSSR count). The minimum absolute atomic E-state index is 0.501. The molecule has 1 atom stereocenters. The van der Waals surface area contributed by atoms with Crippen LogP contribution in [0, 0.1) is 12.3 Å². The van der Waals surface area contributed by atoms with E-state index in [1.54, 1.807) is 0 Å². The number of rotatable bonds is 4. The normalized spacial score (nSPS) is 12.1. The molecule has 0 radical (unpaired) electrons. The van der Waals surface area contributed by atoms with Crippen LogP contribution >= 0.6 is 15.9 Å². The summed E-state index contributed by atoms with van der Waals surface area (Å²) in [4.78, 5) is 0. The van der Waals surface area contributed by atoms with Crippen molar-refractivity contribution in [1.82, 2.24) is 0 Å². The molecule has 0 heterocycles. The lowest BCUT2D eigenvalue weighted by Crippen LogP contribution is -1.98.